The minimum atomic E-state index is -1.11. The third kappa shape index (κ3) is 3.43. The van der Waals surface area contributed by atoms with Crippen LogP contribution in [0.3, 0.4) is 0 Å². The van der Waals surface area contributed by atoms with E-state index in [9.17, 15) is 9.59 Å². The standard InChI is InChI=1S/C10H13NO4/c1-4-7(5-6-11)8(9(12)14-2)10(13)15-3/h4,7-8H,1,5H2,2-3H3/t7-/m1/s1. The molecule has 0 unspecified atom stereocenters. The van der Waals surface area contributed by atoms with E-state index in [1.165, 1.54) is 20.3 Å². The number of hydrogen-bond donors (Lipinski definition) is 0. The molecule has 1 atom stereocenters. The molecule has 0 heterocycles. The van der Waals surface area contributed by atoms with Crippen LogP contribution in [0.2, 0.25) is 0 Å². The zero-order valence-electron chi connectivity index (χ0n) is 8.73. The van der Waals surface area contributed by atoms with Gasteiger partial charge in [0.2, 0.25) is 0 Å². The molecule has 15 heavy (non-hydrogen) atoms. The molecular formula is C10H13NO4. The van der Waals surface area contributed by atoms with Crippen molar-refractivity contribution in [3.8, 4) is 6.07 Å². The first-order chi connectivity index (χ1) is 7.12. The Morgan fingerprint density at radius 1 is 1.40 bits per heavy atom. The number of allylic oxidation sites excluding steroid dienone is 1. The van der Waals surface area contributed by atoms with Crippen LogP contribution in [-0.2, 0) is 19.1 Å². The van der Waals surface area contributed by atoms with Crippen molar-refractivity contribution in [1.29, 1.82) is 5.26 Å². The predicted molar refractivity (Wildman–Crippen MR) is 51.4 cm³/mol. The topological polar surface area (TPSA) is 76.4 Å². The van der Waals surface area contributed by atoms with E-state index >= 15 is 0 Å². The maximum absolute atomic E-state index is 11.3. The molecule has 82 valence electrons. The predicted octanol–water partition coefficient (Wildman–Crippen LogP) is 0.664. The molecule has 0 bridgehead atoms. The van der Waals surface area contributed by atoms with E-state index in [2.05, 4.69) is 16.1 Å². The first kappa shape index (κ1) is 13.2. The highest BCUT2D eigenvalue weighted by atomic mass is 16.5. The van der Waals surface area contributed by atoms with Crippen LogP contribution in [-0.4, -0.2) is 26.2 Å². The summed E-state index contributed by atoms with van der Waals surface area (Å²) in [6, 6.07) is 1.87. The number of nitrogens with zero attached hydrogens (tertiary/aromatic N) is 1. The molecular weight excluding hydrogens is 198 g/mol. The number of ether oxygens (including phenoxy) is 2. The van der Waals surface area contributed by atoms with Crippen LogP contribution in [0, 0.1) is 23.2 Å². The number of methoxy groups -OCH3 is 2. The maximum Gasteiger partial charge on any atom is 0.320 e. The molecule has 0 spiro atoms. The van der Waals surface area contributed by atoms with E-state index in [0.29, 0.717) is 0 Å². The Hall–Kier alpha value is -1.83. The zero-order chi connectivity index (χ0) is 11.8. The van der Waals surface area contributed by atoms with E-state index in [4.69, 9.17) is 5.26 Å². The molecule has 0 aromatic heterocycles. The molecule has 5 nitrogen and oxygen atoms in total. The third-order valence-electron chi connectivity index (χ3n) is 1.97. The highest BCUT2D eigenvalue weighted by Gasteiger charge is 2.35. The molecule has 0 N–H and O–H groups in total. The van der Waals surface area contributed by atoms with Crippen LogP contribution in [0.1, 0.15) is 6.42 Å². The molecule has 0 aliphatic rings. The lowest BCUT2D eigenvalue weighted by atomic mass is 9.90. The van der Waals surface area contributed by atoms with Crippen molar-refractivity contribution < 1.29 is 19.1 Å². The average molecular weight is 211 g/mol. The summed E-state index contributed by atoms with van der Waals surface area (Å²) in [4.78, 5) is 22.6. The van der Waals surface area contributed by atoms with E-state index < -0.39 is 23.8 Å². The van der Waals surface area contributed by atoms with Crippen LogP contribution in [0.25, 0.3) is 0 Å². The second-order valence-corrected chi connectivity index (χ2v) is 2.79. The average Bonchev–Trinajstić information content (AvgIpc) is 2.27. The van der Waals surface area contributed by atoms with Gasteiger partial charge in [-0.25, -0.2) is 0 Å². The number of hydrogen-bond acceptors (Lipinski definition) is 5. The minimum Gasteiger partial charge on any atom is -0.468 e. The summed E-state index contributed by atoms with van der Waals surface area (Å²) >= 11 is 0. The lowest BCUT2D eigenvalue weighted by Crippen LogP contribution is -2.32. The summed E-state index contributed by atoms with van der Waals surface area (Å²) in [5, 5.41) is 8.52. The van der Waals surface area contributed by atoms with Crippen molar-refractivity contribution >= 4 is 11.9 Å². The molecule has 0 aliphatic heterocycles. The van der Waals surface area contributed by atoms with E-state index in [0.717, 1.165) is 0 Å². The summed E-state index contributed by atoms with van der Waals surface area (Å²) in [7, 11) is 2.34. The summed E-state index contributed by atoms with van der Waals surface area (Å²) in [6.45, 7) is 3.47. The maximum atomic E-state index is 11.3. The van der Waals surface area contributed by atoms with Gasteiger partial charge in [-0.3, -0.25) is 9.59 Å². The normalized spacial score (nSPS) is 11.3. The van der Waals surface area contributed by atoms with Crippen molar-refractivity contribution in [2.75, 3.05) is 14.2 Å². The second kappa shape index (κ2) is 6.60. The number of carbonyl (C=O) groups excluding carboxylic acids is 2. The van der Waals surface area contributed by atoms with E-state index in [1.54, 1.807) is 0 Å². The van der Waals surface area contributed by atoms with Gasteiger partial charge < -0.3 is 9.47 Å². The first-order valence-corrected chi connectivity index (χ1v) is 4.27. The van der Waals surface area contributed by atoms with Crippen LogP contribution in [0.5, 0.6) is 0 Å². The van der Waals surface area contributed by atoms with Gasteiger partial charge in [0.25, 0.3) is 0 Å². The SMILES string of the molecule is C=C[C@H](CC#N)C(C(=O)OC)C(=O)OC. The Labute approximate surface area is 88.3 Å². The number of carbonyl (C=O) groups is 2. The Morgan fingerprint density at radius 3 is 2.13 bits per heavy atom. The summed E-state index contributed by atoms with van der Waals surface area (Å²) in [5.74, 6) is -3.14. The van der Waals surface area contributed by atoms with Crippen molar-refractivity contribution in [1.82, 2.24) is 0 Å². The molecule has 0 aromatic carbocycles. The van der Waals surface area contributed by atoms with Gasteiger partial charge in [-0.1, -0.05) is 6.08 Å². The van der Waals surface area contributed by atoms with E-state index in [-0.39, 0.29) is 6.42 Å². The largest absolute Gasteiger partial charge is 0.468 e. The monoisotopic (exact) mass is 211 g/mol. The van der Waals surface area contributed by atoms with Crippen molar-refractivity contribution in [2.24, 2.45) is 11.8 Å². The van der Waals surface area contributed by atoms with Gasteiger partial charge in [-0.2, -0.15) is 5.26 Å². The summed E-state index contributed by atoms with van der Waals surface area (Å²) in [5.41, 5.74) is 0. The van der Waals surface area contributed by atoms with Crippen LogP contribution >= 0.6 is 0 Å². The fourth-order valence-corrected chi connectivity index (χ4v) is 1.14. The molecule has 0 saturated heterocycles. The van der Waals surface area contributed by atoms with Gasteiger partial charge >= 0.3 is 11.9 Å². The fraction of sp³-hybridized carbons (Fsp3) is 0.500. The molecule has 0 aromatic rings. The smallest absolute Gasteiger partial charge is 0.320 e. The molecule has 0 radical (unpaired) electrons. The van der Waals surface area contributed by atoms with E-state index in [1.807, 2.05) is 6.07 Å². The number of esters is 2. The number of rotatable bonds is 5. The number of nitriles is 1. The van der Waals surface area contributed by atoms with Crippen molar-refractivity contribution in [3.63, 3.8) is 0 Å². The van der Waals surface area contributed by atoms with Crippen LogP contribution in [0.4, 0.5) is 0 Å². The van der Waals surface area contributed by atoms with Crippen LogP contribution < -0.4 is 0 Å². The van der Waals surface area contributed by atoms with Gasteiger partial charge in [0.05, 0.1) is 20.3 Å². The molecule has 0 rings (SSSR count). The Bertz CT molecular complexity index is 276. The van der Waals surface area contributed by atoms with Gasteiger partial charge in [0, 0.05) is 12.3 Å². The zero-order valence-corrected chi connectivity index (χ0v) is 8.73. The van der Waals surface area contributed by atoms with Gasteiger partial charge in [0.15, 0.2) is 5.92 Å². The molecule has 0 fully saturated rings. The summed E-state index contributed by atoms with van der Waals surface area (Å²) < 4.78 is 8.93. The molecule has 0 amide bonds. The Morgan fingerprint density at radius 2 is 1.87 bits per heavy atom. The third-order valence-corrected chi connectivity index (χ3v) is 1.97. The lowest BCUT2D eigenvalue weighted by molar-refractivity contribution is -0.160. The van der Waals surface area contributed by atoms with Crippen LogP contribution in [0.15, 0.2) is 12.7 Å². The Balaban J connectivity index is 4.90. The highest BCUT2D eigenvalue weighted by molar-refractivity contribution is 5.95. The highest BCUT2D eigenvalue weighted by Crippen LogP contribution is 2.19. The quantitative estimate of drug-likeness (QED) is 0.379. The lowest BCUT2D eigenvalue weighted by Gasteiger charge is -2.17. The Kier molecular flexibility index (Phi) is 5.79. The molecule has 0 aliphatic carbocycles. The molecule has 0 saturated carbocycles. The van der Waals surface area contributed by atoms with Gasteiger partial charge in [-0.05, 0) is 0 Å². The summed E-state index contributed by atoms with van der Waals surface area (Å²) in [6.07, 6.45) is 1.39. The van der Waals surface area contributed by atoms with Gasteiger partial charge in [0.1, 0.15) is 0 Å². The van der Waals surface area contributed by atoms with Crippen molar-refractivity contribution in [3.05, 3.63) is 12.7 Å². The van der Waals surface area contributed by atoms with Gasteiger partial charge in [-0.15, -0.1) is 6.58 Å². The second-order valence-electron chi connectivity index (χ2n) is 2.79. The van der Waals surface area contributed by atoms with Crippen molar-refractivity contribution in [2.45, 2.75) is 6.42 Å². The minimum absolute atomic E-state index is 0.0123. The fourth-order valence-electron chi connectivity index (χ4n) is 1.14. The molecule has 5 heteroatoms. The first-order valence-electron chi connectivity index (χ1n) is 4.27.